The number of rotatable bonds is 8. The van der Waals surface area contributed by atoms with Crippen molar-refractivity contribution in [3.05, 3.63) is 69.2 Å². The normalized spacial score (nSPS) is 20.4. The number of morpholine rings is 1. The molecule has 0 radical (unpaired) electrons. The van der Waals surface area contributed by atoms with E-state index in [1.807, 2.05) is 44.2 Å². The molecule has 35 heavy (non-hydrogen) atoms. The second-order valence-electron chi connectivity index (χ2n) is 8.82. The van der Waals surface area contributed by atoms with Gasteiger partial charge in [0.15, 0.2) is 0 Å². The molecule has 0 saturated carbocycles. The molecule has 0 spiro atoms. The van der Waals surface area contributed by atoms with Crippen LogP contribution in [0.4, 0.5) is 0 Å². The number of amides is 1. The van der Waals surface area contributed by atoms with Crippen LogP contribution in [-0.4, -0.2) is 72.6 Å². The van der Waals surface area contributed by atoms with Crippen molar-refractivity contribution in [3.8, 4) is 5.75 Å². The molecule has 2 aliphatic rings. The Kier molecular flexibility index (Phi) is 8.26. The lowest BCUT2D eigenvalue weighted by molar-refractivity contribution is -0.140. The van der Waals surface area contributed by atoms with Crippen molar-refractivity contribution in [3.63, 3.8) is 0 Å². The van der Waals surface area contributed by atoms with Gasteiger partial charge in [-0.1, -0.05) is 35.0 Å². The van der Waals surface area contributed by atoms with Gasteiger partial charge in [-0.3, -0.25) is 14.5 Å². The number of Topliss-reactive ketones (excluding diaryl/α,β-unsaturated/α-hetero) is 1. The minimum atomic E-state index is -0.667. The van der Waals surface area contributed by atoms with E-state index in [1.54, 1.807) is 17.0 Å². The molecule has 0 unspecified atom stereocenters. The topological polar surface area (TPSA) is 79.3 Å². The van der Waals surface area contributed by atoms with Crippen molar-refractivity contribution >= 4 is 33.4 Å². The quantitative estimate of drug-likeness (QED) is 0.304. The molecule has 2 aliphatic heterocycles. The number of nitrogens with zero attached hydrogens (tertiary/aromatic N) is 2. The van der Waals surface area contributed by atoms with E-state index in [0.717, 1.165) is 35.1 Å². The lowest BCUT2D eigenvalue weighted by atomic mass is 9.94. The molecule has 2 saturated heterocycles. The van der Waals surface area contributed by atoms with Gasteiger partial charge in [-0.05, 0) is 54.8 Å². The number of likely N-dealkylation sites (tertiary alicyclic amines) is 1. The van der Waals surface area contributed by atoms with Crippen LogP contribution in [0.15, 0.2) is 52.5 Å². The Hall–Kier alpha value is -2.68. The van der Waals surface area contributed by atoms with Crippen molar-refractivity contribution in [2.45, 2.75) is 26.3 Å². The number of aliphatic hydroxyl groups excluding tert-OH is 1. The van der Waals surface area contributed by atoms with E-state index in [0.29, 0.717) is 44.2 Å². The number of ether oxygens (including phenoxy) is 2. The van der Waals surface area contributed by atoms with E-state index in [-0.39, 0.29) is 11.3 Å². The van der Waals surface area contributed by atoms with Gasteiger partial charge in [-0.15, -0.1) is 0 Å². The molecule has 2 fully saturated rings. The van der Waals surface area contributed by atoms with Crippen LogP contribution in [0.3, 0.4) is 0 Å². The van der Waals surface area contributed by atoms with Gasteiger partial charge < -0.3 is 19.5 Å². The van der Waals surface area contributed by atoms with Crippen LogP contribution in [0.1, 0.15) is 36.1 Å². The third-order valence-corrected chi connectivity index (χ3v) is 6.94. The van der Waals surface area contributed by atoms with Crippen LogP contribution >= 0.6 is 15.9 Å². The zero-order valence-corrected chi connectivity index (χ0v) is 21.7. The number of ketones is 1. The highest BCUT2D eigenvalue weighted by atomic mass is 79.9. The van der Waals surface area contributed by atoms with Crippen molar-refractivity contribution in [2.75, 3.05) is 46.0 Å². The molecule has 7 nitrogen and oxygen atoms in total. The fraction of sp³-hybridized carbons (Fsp3) is 0.407. The Labute approximate surface area is 214 Å². The number of carbonyl (C=O) groups excluding carboxylic acids is 2. The zero-order chi connectivity index (χ0) is 24.9. The van der Waals surface area contributed by atoms with Crippen LogP contribution in [0, 0.1) is 6.92 Å². The fourth-order valence-electron chi connectivity index (χ4n) is 4.53. The van der Waals surface area contributed by atoms with Gasteiger partial charge in [0.1, 0.15) is 11.5 Å². The first-order valence-electron chi connectivity index (χ1n) is 12.0. The number of hydrogen-bond donors (Lipinski definition) is 1. The Morgan fingerprint density at radius 2 is 1.83 bits per heavy atom. The maximum atomic E-state index is 13.3. The third kappa shape index (κ3) is 5.60. The Balaban J connectivity index is 1.71. The van der Waals surface area contributed by atoms with Gasteiger partial charge in [0.05, 0.1) is 31.4 Å². The van der Waals surface area contributed by atoms with E-state index in [4.69, 9.17) is 9.47 Å². The van der Waals surface area contributed by atoms with Crippen molar-refractivity contribution in [2.24, 2.45) is 0 Å². The molecule has 0 aliphatic carbocycles. The molecular formula is C27H31BrN2O5. The minimum Gasteiger partial charge on any atom is -0.507 e. The maximum Gasteiger partial charge on any atom is 0.295 e. The number of benzene rings is 2. The number of hydrogen-bond acceptors (Lipinski definition) is 6. The van der Waals surface area contributed by atoms with Gasteiger partial charge in [-0.2, -0.15) is 0 Å². The first-order valence-corrected chi connectivity index (χ1v) is 12.8. The number of carbonyl (C=O) groups is 2. The number of halogens is 1. The number of aliphatic hydroxyl groups is 1. The van der Waals surface area contributed by atoms with Crippen LogP contribution < -0.4 is 4.74 Å². The van der Waals surface area contributed by atoms with Crippen molar-refractivity contribution < 1.29 is 24.2 Å². The Morgan fingerprint density at radius 3 is 2.49 bits per heavy atom. The molecular weight excluding hydrogens is 512 g/mol. The van der Waals surface area contributed by atoms with Gasteiger partial charge >= 0.3 is 0 Å². The lowest BCUT2D eigenvalue weighted by Gasteiger charge is -2.31. The van der Waals surface area contributed by atoms with Crippen LogP contribution in [0.5, 0.6) is 5.75 Å². The van der Waals surface area contributed by atoms with Gasteiger partial charge in [0.2, 0.25) is 0 Å². The molecule has 1 atom stereocenters. The van der Waals surface area contributed by atoms with E-state index in [9.17, 15) is 14.7 Å². The van der Waals surface area contributed by atoms with Crippen molar-refractivity contribution in [1.29, 1.82) is 0 Å². The first kappa shape index (κ1) is 25.4. The first-order chi connectivity index (χ1) is 16.9. The van der Waals surface area contributed by atoms with Gasteiger partial charge in [-0.25, -0.2) is 0 Å². The van der Waals surface area contributed by atoms with Crippen LogP contribution in [0.25, 0.3) is 5.76 Å². The molecule has 0 bridgehead atoms. The average molecular weight is 543 g/mol. The molecule has 8 heteroatoms. The summed E-state index contributed by atoms with van der Waals surface area (Å²) in [5.74, 6) is -0.711. The minimum absolute atomic E-state index is 0.115. The second kappa shape index (κ2) is 11.4. The SMILES string of the molecule is CCCOc1ccc(C(O)=C2C(=O)C(=O)N(CCN3CCOCC3)[C@H]2c2ccc(Br)cc2)c(C)c1. The monoisotopic (exact) mass is 542 g/mol. The van der Waals surface area contributed by atoms with Gasteiger partial charge in [0.25, 0.3) is 11.7 Å². The molecule has 2 heterocycles. The summed E-state index contributed by atoms with van der Waals surface area (Å²) >= 11 is 3.45. The highest BCUT2D eigenvalue weighted by Crippen LogP contribution is 2.40. The van der Waals surface area contributed by atoms with E-state index in [1.165, 1.54) is 0 Å². The summed E-state index contributed by atoms with van der Waals surface area (Å²) in [5, 5.41) is 11.4. The second-order valence-corrected chi connectivity index (χ2v) is 9.74. The highest BCUT2D eigenvalue weighted by molar-refractivity contribution is 9.10. The van der Waals surface area contributed by atoms with E-state index < -0.39 is 17.7 Å². The highest BCUT2D eigenvalue weighted by Gasteiger charge is 2.46. The summed E-state index contributed by atoms with van der Waals surface area (Å²) in [4.78, 5) is 30.3. The predicted octanol–water partition coefficient (Wildman–Crippen LogP) is 4.30. The van der Waals surface area contributed by atoms with Crippen LogP contribution in [-0.2, 0) is 14.3 Å². The molecule has 2 aromatic carbocycles. The maximum absolute atomic E-state index is 13.3. The largest absolute Gasteiger partial charge is 0.507 e. The smallest absolute Gasteiger partial charge is 0.295 e. The average Bonchev–Trinajstić information content (AvgIpc) is 3.12. The van der Waals surface area contributed by atoms with E-state index >= 15 is 0 Å². The van der Waals surface area contributed by atoms with Crippen molar-refractivity contribution in [1.82, 2.24) is 9.80 Å². The predicted molar refractivity (Wildman–Crippen MR) is 137 cm³/mol. The third-order valence-electron chi connectivity index (χ3n) is 6.41. The summed E-state index contributed by atoms with van der Waals surface area (Å²) in [6.45, 7) is 8.40. The molecule has 1 amide bonds. The molecule has 2 aromatic rings. The summed E-state index contributed by atoms with van der Waals surface area (Å²) < 4.78 is 12.0. The number of aryl methyl sites for hydroxylation is 1. The van der Waals surface area contributed by atoms with E-state index in [2.05, 4.69) is 20.8 Å². The molecule has 0 aromatic heterocycles. The van der Waals surface area contributed by atoms with Gasteiger partial charge in [0, 0.05) is 36.2 Å². The summed E-state index contributed by atoms with van der Waals surface area (Å²) in [6, 6.07) is 12.2. The summed E-state index contributed by atoms with van der Waals surface area (Å²) in [7, 11) is 0. The summed E-state index contributed by atoms with van der Waals surface area (Å²) in [6.07, 6.45) is 0.891. The fourth-order valence-corrected chi connectivity index (χ4v) is 4.80. The van der Waals surface area contributed by atoms with Crippen LogP contribution in [0.2, 0.25) is 0 Å². The summed E-state index contributed by atoms with van der Waals surface area (Å²) in [5.41, 5.74) is 2.17. The molecule has 4 rings (SSSR count). The molecule has 1 N–H and O–H groups in total. The Bertz CT molecular complexity index is 1110. The molecule has 186 valence electrons. The standard InChI is InChI=1S/C27H31BrN2O5/c1-3-14-35-21-8-9-22(18(2)17-21)25(31)23-24(19-4-6-20(28)7-5-19)30(27(33)26(23)32)11-10-29-12-15-34-16-13-29/h4-9,17,24,31H,3,10-16H2,1-2H3/t24-/m0/s1. The zero-order valence-electron chi connectivity index (χ0n) is 20.1. The Morgan fingerprint density at radius 1 is 1.11 bits per heavy atom. The lowest BCUT2D eigenvalue weighted by Crippen LogP contribution is -2.42.